The molecule has 0 unspecified atom stereocenters. The molecule has 1 N–H and O–H groups in total. The molecule has 0 spiro atoms. The van der Waals surface area contributed by atoms with Gasteiger partial charge in [0, 0.05) is 25.2 Å². The van der Waals surface area contributed by atoms with Crippen molar-refractivity contribution >= 4 is 17.6 Å². The van der Waals surface area contributed by atoms with Crippen LogP contribution < -0.4 is 5.32 Å². The van der Waals surface area contributed by atoms with Crippen molar-refractivity contribution in [3.63, 3.8) is 0 Å². The van der Waals surface area contributed by atoms with Crippen molar-refractivity contribution in [1.82, 2.24) is 4.98 Å². The summed E-state index contributed by atoms with van der Waals surface area (Å²) in [5.41, 5.74) is 1.13. The minimum absolute atomic E-state index is 0.804. The van der Waals surface area contributed by atoms with Crippen LogP contribution in [0.15, 0.2) is 18.2 Å². The first-order chi connectivity index (χ1) is 7.86. The average Bonchev–Trinajstić information content (AvgIpc) is 2.33. The molecule has 1 aromatic heterocycles. The number of aromatic nitrogens is 1. The summed E-state index contributed by atoms with van der Waals surface area (Å²) < 4.78 is 5.00. The van der Waals surface area contributed by atoms with E-state index in [9.17, 15) is 0 Å². The third-order valence-electron chi connectivity index (χ3n) is 2.04. The van der Waals surface area contributed by atoms with Gasteiger partial charge in [0.15, 0.2) is 0 Å². The van der Waals surface area contributed by atoms with Crippen LogP contribution in [0.4, 0.5) is 5.82 Å². The van der Waals surface area contributed by atoms with Crippen molar-refractivity contribution in [2.24, 2.45) is 0 Å². The molecule has 0 radical (unpaired) electrons. The second kappa shape index (κ2) is 8.42. The van der Waals surface area contributed by atoms with E-state index in [1.54, 1.807) is 7.11 Å². The lowest BCUT2D eigenvalue weighted by Crippen LogP contribution is -2.03. The van der Waals surface area contributed by atoms with Gasteiger partial charge in [-0.15, -0.1) is 0 Å². The summed E-state index contributed by atoms with van der Waals surface area (Å²) in [6.07, 6.45) is 1.12. The molecule has 0 bridgehead atoms. The Kier molecular flexibility index (Phi) is 7.01. The molecule has 0 aliphatic rings. The molecule has 0 saturated carbocycles. The molecule has 1 heterocycles. The number of ether oxygens (including phenoxy) is 1. The molecule has 0 aliphatic carbocycles. The highest BCUT2D eigenvalue weighted by Crippen LogP contribution is 2.12. The molecule has 0 atom stereocenters. The van der Waals surface area contributed by atoms with E-state index in [1.165, 1.54) is 0 Å². The molecule has 3 nitrogen and oxygen atoms in total. The second-order valence-corrected chi connectivity index (χ2v) is 4.59. The van der Waals surface area contributed by atoms with Gasteiger partial charge in [0.1, 0.15) is 5.82 Å². The summed E-state index contributed by atoms with van der Waals surface area (Å²) in [5.74, 6) is 2.95. The number of pyridine rings is 1. The maximum atomic E-state index is 5.00. The smallest absolute Gasteiger partial charge is 0.126 e. The molecule has 0 fully saturated rings. The lowest BCUT2D eigenvalue weighted by atomic mass is 10.3. The maximum Gasteiger partial charge on any atom is 0.126 e. The van der Waals surface area contributed by atoms with Gasteiger partial charge in [-0.2, -0.15) is 11.8 Å². The highest BCUT2D eigenvalue weighted by molar-refractivity contribution is 7.98. The van der Waals surface area contributed by atoms with Crippen LogP contribution in [0.1, 0.15) is 19.0 Å². The van der Waals surface area contributed by atoms with E-state index in [0.29, 0.717) is 0 Å². The van der Waals surface area contributed by atoms with Gasteiger partial charge in [0.2, 0.25) is 0 Å². The van der Waals surface area contributed by atoms with Gasteiger partial charge in [-0.25, -0.2) is 4.98 Å². The Morgan fingerprint density at radius 1 is 1.44 bits per heavy atom. The summed E-state index contributed by atoms with van der Waals surface area (Å²) in [6.45, 7) is 3.93. The van der Waals surface area contributed by atoms with E-state index in [0.717, 1.165) is 42.6 Å². The Bertz CT molecular complexity index is 294. The van der Waals surface area contributed by atoms with Crippen LogP contribution in [-0.2, 0) is 10.5 Å². The Morgan fingerprint density at radius 2 is 2.31 bits per heavy atom. The molecule has 4 heteroatoms. The van der Waals surface area contributed by atoms with E-state index in [1.807, 2.05) is 17.8 Å². The van der Waals surface area contributed by atoms with E-state index in [4.69, 9.17) is 4.74 Å². The molecular weight excluding hydrogens is 220 g/mol. The molecule has 0 aromatic carbocycles. The van der Waals surface area contributed by atoms with Gasteiger partial charge in [0.05, 0.1) is 12.3 Å². The van der Waals surface area contributed by atoms with Crippen molar-refractivity contribution in [1.29, 1.82) is 0 Å². The lowest BCUT2D eigenvalue weighted by molar-refractivity contribution is 0.218. The summed E-state index contributed by atoms with van der Waals surface area (Å²) in [7, 11) is 1.73. The minimum Gasteiger partial charge on any atom is -0.384 e. The van der Waals surface area contributed by atoms with E-state index >= 15 is 0 Å². The number of methoxy groups -OCH3 is 1. The van der Waals surface area contributed by atoms with Crippen molar-refractivity contribution in [2.45, 2.75) is 19.1 Å². The number of nitrogens with one attached hydrogen (secondary N) is 1. The van der Waals surface area contributed by atoms with E-state index < -0.39 is 0 Å². The van der Waals surface area contributed by atoms with Crippen LogP contribution in [0.3, 0.4) is 0 Å². The molecule has 0 saturated heterocycles. The SMILES string of the molecule is CCCNc1cccc(CSCCOC)n1. The molecule has 1 aromatic rings. The molecular formula is C12H20N2OS. The fourth-order valence-electron chi connectivity index (χ4n) is 1.23. The number of anilines is 1. The number of nitrogens with zero attached hydrogens (tertiary/aromatic N) is 1. The first-order valence-electron chi connectivity index (χ1n) is 5.63. The predicted octanol–water partition coefficient (Wildman–Crippen LogP) is 2.78. The fraction of sp³-hybridized carbons (Fsp3) is 0.583. The first kappa shape index (κ1) is 13.3. The largest absolute Gasteiger partial charge is 0.384 e. The van der Waals surface area contributed by atoms with Gasteiger partial charge in [-0.1, -0.05) is 13.0 Å². The van der Waals surface area contributed by atoms with Gasteiger partial charge >= 0.3 is 0 Å². The molecule has 0 amide bonds. The third-order valence-corrected chi connectivity index (χ3v) is 3.00. The van der Waals surface area contributed by atoms with Gasteiger partial charge in [0.25, 0.3) is 0 Å². The quantitative estimate of drug-likeness (QED) is 0.709. The van der Waals surface area contributed by atoms with Crippen LogP contribution in [-0.4, -0.2) is 31.0 Å². The van der Waals surface area contributed by atoms with Crippen LogP contribution in [0.2, 0.25) is 0 Å². The summed E-state index contributed by atoms with van der Waals surface area (Å²) in [5, 5.41) is 3.29. The Morgan fingerprint density at radius 3 is 3.06 bits per heavy atom. The summed E-state index contributed by atoms with van der Waals surface area (Å²) in [4.78, 5) is 4.54. The second-order valence-electron chi connectivity index (χ2n) is 3.49. The third kappa shape index (κ3) is 5.37. The molecule has 1 rings (SSSR count). The van der Waals surface area contributed by atoms with Crippen molar-refractivity contribution in [3.05, 3.63) is 23.9 Å². The highest BCUT2D eigenvalue weighted by Gasteiger charge is 1.97. The van der Waals surface area contributed by atoms with Crippen molar-refractivity contribution < 1.29 is 4.74 Å². The molecule has 16 heavy (non-hydrogen) atoms. The first-order valence-corrected chi connectivity index (χ1v) is 6.78. The Hall–Kier alpha value is -0.740. The highest BCUT2D eigenvalue weighted by atomic mass is 32.2. The van der Waals surface area contributed by atoms with Crippen LogP contribution in [0.25, 0.3) is 0 Å². The standard InChI is InChI=1S/C12H20N2OS/c1-3-7-13-12-6-4-5-11(14-12)10-16-9-8-15-2/h4-6H,3,7-10H2,1-2H3,(H,13,14). The average molecular weight is 240 g/mol. The van der Waals surface area contributed by atoms with Gasteiger partial charge < -0.3 is 10.1 Å². The zero-order valence-electron chi connectivity index (χ0n) is 10.0. The number of thioether (sulfide) groups is 1. The van der Waals surface area contributed by atoms with Gasteiger partial charge in [-0.05, 0) is 18.6 Å². The number of hydrogen-bond acceptors (Lipinski definition) is 4. The van der Waals surface area contributed by atoms with E-state index in [-0.39, 0.29) is 0 Å². The van der Waals surface area contributed by atoms with Crippen LogP contribution in [0.5, 0.6) is 0 Å². The maximum absolute atomic E-state index is 5.00. The van der Waals surface area contributed by atoms with Crippen molar-refractivity contribution in [2.75, 3.05) is 31.3 Å². The summed E-state index contributed by atoms with van der Waals surface area (Å²) >= 11 is 1.85. The van der Waals surface area contributed by atoms with E-state index in [2.05, 4.69) is 29.4 Å². The van der Waals surface area contributed by atoms with Crippen LogP contribution in [0, 0.1) is 0 Å². The Balaban J connectivity index is 2.35. The number of hydrogen-bond donors (Lipinski definition) is 1. The summed E-state index contributed by atoms with van der Waals surface area (Å²) in [6, 6.07) is 6.13. The normalized spacial score (nSPS) is 10.4. The number of rotatable bonds is 8. The zero-order valence-corrected chi connectivity index (χ0v) is 10.8. The molecule has 0 aliphatic heterocycles. The monoisotopic (exact) mass is 240 g/mol. The predicted molar refractivity (Wildman–Crippen MR) is 71.1 cm³/mol. The minimum atomic E-state index is 0.804. The van der Waals surface area contributed by atoms with Crippen LogP contribution >= 0.6 is 11.8 Å². The topological polar surface area (TPSA) is 34.1 Å². The fourth-order valence-corrected chi connectivity index (χ4v) is 2.03. The van der Waals surface area contributed by atoms with Gasteiger partial charge in [-0.3, -0.25) is 0 Å². The van der Waals surface area contributed by atoms with Crippen molar-refractivity contribution in [3.8, 4) is 0 Å². The lowest BCUT2D eigenvalue weighted by Gasteiger charge is -2.06. The molecule has 90 valence electrons. The Labute approximate surface area is 102 Å². The zero-order chi connectivity index (χ0) is 11.6.